The highest BCUT2D eigenvalue weighted by Gasteiger charge is 2.05. The Bertz CT molecular complexity index is 684. The number of allylic oxidation sites excluding steroid dienone is 1. The van der Waals surface area contributed by atoms with Crippen molar-refractivity contribution in [3.63, 3.8) is 0 Å². The smallest absolute Gasteiger partial charge is 0.161 e. The fourth-order valence-corrected chi connectivity index (χ4v) is 2.69. The molecule has 0 aliphatic carbocycles. The summed E-state index contributed by atoms with van der Waals surface area (Å²) in [6.07, 6.45) is 5.93. The molecule has 134 valence electrons. The summed E-state index contributed by atoms with van der Waals surface area (Å²) in [5.41, 5.74) is 3.56. The predicted octanol–water partition coefficient (Wildman–Crippen LogP) is 5.58. The summed E-state index contributed by atoms with van der Waals surface area (Å²) in [4.78, 5) is 0. The molecule has 0 heterocycles. The fourth-order valence-electron chi connectivity index (χ4n) is 2.69. The van der Waals surface area contributed by atoms with Crippen molar-refractivity contribution in [2.45, 2.75) is 33.6 Å². The van der Waals surface area contributed by atoms with Gasteiger partial charge in [0.2, 0.25) is 0 Å². The van der Waals surface area contributed by atoms with Crippen molar-refractivity contribution < 1.29 is 14.2 Å². The minimum Gasteiger partial charge on any atom is -0.494 e. The Labute approximate surface area is 151 Å². The molecule has 0 saturated heterocycles. The third-order valence-corrected chi connectivity index (χ3v) is 3.81. The van der Waals surface area contributed by atoms with Gasteiger partial charge in [0.05, 0.1) is 20.3 Å². The number of hydrogen-bond acceptors (Lipinski definition) is 3. The maximum atomic E-state index is 5.85. The van der Waals surface area contributed by atoms with Crippen LogP contribution in [-0.2, 0) is 0 Å². The van der Waals surface area contributed by atoms with Gasteiger partial charge in [0.1, 0.15) is 5.75 Å². The molecule has 2 aromatic rings. The molecule has 25 heavy (non-hydrogen) atoms. The van der Waals surface area contributed by atoms with Gasteiger partial charge in [0.15, 0.2) is 11.5 Å². The Morgan fingerprint density at radius 1 is 0.840 bits per heavy atom. The van der Waals surface area contributed by atoms with E-state index in [9.17, 15) is 0 Å². The lowest BCUT2D eigenvalue weighted by Crippen LogP contribution is -2.03. The highest BCUT2D eigenvalue weighted by atomic mass is 16.5. The van der Waals surface area contributed by atoms with Crippen molar-refractivity contribution in [3.05, 3.63) is 59.2 Å². The maximum absolute atomic E-state index is 5.85. The molecule has 3 heteroatoms. The van der Waals surface area contributed by atoms with Crippen LogP contribution in [0.15, 0.2) is 42.5 Å². The molecule has 2 aromatic carbocycles. The van der Waals surface area contributed by atoms with Crippen LogP contribution in [0.25, 0.3) is 6.08 Å². The van der Waals surface area contributed by atoms with Gasteiger partial charge in [-0.1, -0.05) is 24.3 Å². The molecule has 0 saturated carbocycles. The zero-order chi connectivity index (χ0) is 18.1. The molecule has 0 aromatic heterocycles. The number of rotatable bonds is 9. The quantitative estimate of drug-likeness (QED) is 0.557. The van der Waals surface area contributed by atoms with E-state index in [4.69, 9.17) is 14.2 Å². The van der Waals surface area contributed by atoms with E-state index in [0.29, 0.717) is 13.2 Å². The topological polar surface area (TPSA) is 27.7 Å². The van der Waals surface area contributed by atoms with Gasteiger partial charge in [-0.25, -0.2) is 0 Å². The van der Waals surface area contributed by atoms with E-state index in [2.05, 4.69) is 32.0 Å². The van der Waals surface area contributed by atoms with E-state index >= 15 is 0 Å². The molecular weight excluding hydrogens is 312 g/mol. The molecule has 0 aliphatic rings. The average Bonchev–Trinajstić information content (AvgIpc) is 2.58. The highest BCUT2D eigenvalue weighted by molar-refractivity contribution is 5.55. The van der Waals surface area contributed by atoms with Crippen LogP contribution in [0, 0.1) is 13.8 Å². The van der Waals surface area contributed by atoms with Crippen molar-refractivity contribution in [1.29, 1.82) is 0 Å². The van der Waals surface area contributed by atoms with Crippen molar-refractivity contribution in [2.24, 2.45) is 0 Å². The van der Waals surface area contributed by atoms with Crippen LogP contribution >= 0.6 is 0 Å². The minimum atomic E-state index is 0.648. The van der Waals surface area contributed by atoms with Gasteiger partial charge in [-0.2, -0.15) is 0 Å². The molecule has 0 amide bonds. The molecule has 0 radical (unpaired) electrons. The van der Waals surface area contributed by atoms with Gasteiger partial charge in [0.25, 0.3) is 0 Å². The van der Waals surface area contributed by atoms with Crippen LogP contribution in [0.3, 0.4) is 0 Å². The fraction of sp³-hybridized carbons (Fsp3) is 0.364. The van der Waals surface area contributed by atoms with Gasteiger partial charge in [-0.05, 0) is 74.6 Å². The largest absolute Gasteiger partial charge is 0.494 e. The minimum absolute atomic E-state index is 0.648. The predicted molar refractivity (Wildman–Crippen MR) is 104 cm³/mol. The van der Waals surface area contributed by atoms with Gasteiger partial charge < -0.3 is 14.2 Å². The second-order valence-electron chi connectivity index (χ2n) is 6.14. The van der Waals surface area contributed by atoms with Gasteiger partial charge in [0, 0.05) is 0 Å². The second kappa shape index (κ2) is 9.77. The number of unbranched alkanes of at least 4 members (excludes halogenated alkanes) is 1. The molecule has 0 N–H and O–H groups in total. The Morgan fingerprint density at radius 2 is 1.52 bits per heavy atom. The standard InChI is InChI=1S/C22H28O3/c1-5-8-19-9-10-21(22(16-19)23-4)25-12-7-6-11-24-20-14-17(2)13-18(3)15-20/h5,8-10,13-16H,6-7,11-12H2,1-4H3/b8-5+. The molecular formula is C22H28O3. The SMILES string of the molecule is C/C=C/c1ccc(OCCCCOc2cc(C)cc(C)c2)c(OC)c1. The van der Waals surface area contributed by atoms with Crippen LogP contribution in [0.2, 0.25) is 0 Å². The van der Waals surface area contributed by atoms with Crippen LogP contribution in [0.1, 0.15) is 36.5 Å². The molecule has 3 nitrogen and oxygen atoms in total. The van der Waals surface area contributed by atoms with Gasteiger partial charge in [-0.3, -0.25) is 0 Å². The molecule has 2 rings (SSSR count). The molecule has 0 fully saturated rings. The summed E-state index contributed by atoms with van der Waals surface area (Å²) in [5, 5.41) is 0. The lowest BCUT2D eigenvalue weighted by molar-refractivity contribution is 0.258. The summed E-state index contributed by atoms with van der Waals surface area (Å²) in [6, 6.07) is 12.3. The maximum Gasteiger partial charge on any atom is 0.161 e. The number of aryl methyl sites for hydroxylation is 2. The first kappa shape index (κ1) is 18.9. The molecule has 0 bridgehead atoms. The number of benzene rings is 2. The molecule has 0 spiro atoms. The van der Waals surface area contributed by atoms with E-state index in [1.807, 2.05) is 37.3 Å². The first-order valence-corrected chi connectivity index (χ1v) is 8.77. The molecule has 0 unspecified atom stereocenters. The van der Waals surface area contributed by atoms with Crippen LogP contribution in [0.5, 0.6) is 17.2 Å². The Hall–Kier alpha value is -2.42. The van der Waals surface area contributed by atoms with E-state index in [-0.39, 0.29) is 0 Å². The summed E-state index contributed by atoms with van der Waals surface area (Å²) < 4.78 is 17.1. The monoisotopic (exact) mass is 340 g/mol. The Kier molecular flexibility index (Phi) is 7.39. The highest BCUT2D eigenvalue weighted by Crippen LogP contribution is 2.28. The average molecular weight is 340 g/mol. The van der Waals surface area contributed by atoms with Crippen molar-refractivity contribution in [1.82, 2.24) is 0 Å². The number of hydrogen-bond donors (Lipinski definition) is 0. The number of methoxy groups -OCH3 is 1. The van der Waals surface area contributed by atoms with Crippen molar-refractivity contribution in [2.75, 3.05) is 20.3 Å². The first-order valence-electron chi connectivity index (χ1n) is 8.77. The summed E-state index contributed by atoms with van der Waals surface area (Å²) in [7, 11) is 1.67. The third kappa shape index (κ3) is 6.18. The van der Waals surface area contributed by atoms with E-state index in [1.165, 1.54) is 11.1 Å². The summed E-state index contributed by atoms with van der Waals surface area (Å²) in [6.45, 7) is 7.52. The van der Waals surface area contributed by atoms with E-state index in [1.54, 1.807) is 7.11 Å². The normalized spacial score (nSPS) is 10.9. The number of ether oxygens (including phenoxy) is 3. The van der Waals surface area contributed by atoms with Crippen LogP contribution < -0.4 is 14.2 Å². The molecule has 0 aliphatic heterocycles. The van der Waals surface area contributed by atoms with Crippen LogP contribution in [-0.4, -0.2) is 20.3 Å². The lowest BCUT2D eigenvalue weighted by atomic mass is 10.1. The van der Waals surface area contributed by atoms with E-state index in [0.717, 1.165) is 35.7 Å². The van der Waals surface area contributed by atoms with Crippen molar-refractivity contribution in [3.8, 4) is 17.2 Å². The Morgan fingerprint density at radius 3 is 2.16 bits per heavy atom. The first-order chi connectivity index (χ1) is 12.1. The van der Waals surface area contributed by atoms with Crippen LogP contribution in [0.4, 0.5) is 0 Å². The zero-order valence-corrected chi connectivity index (χ0v) is 15.7. The lowest BCUT2D eigenvalue weighted by Gasteiger charge is -2.12. The second-order valence-corrected chi connectivity index (χ2v) is 6.14. The Balaban J connectivity index is 1.74. The molecule has 0 atom stereocenters. The summed E-state index contributed by atoms with van der Waals surface area (Å²) in [5.74, 6) is 2.49. The zero-order valence-electron chi connectivity index (χ0n) is 15.7. The van der Waals surface area contributed by atoms with Gasteiger partial charge in [-0.15, -0.1) is 0 Å². The van der Waals surface area contributed by atoms with Gasteiger partial charge >= 0.3 is 0 Å². The van der Waals surface area contributed by atoms with E-state index < -0.39 is 0 Å². The summed E-state index contributed by atoms with van der Waals surface area (Å²) >= 11 is 0. The third-order valence-electron chi connectivity index (χ3n) is 3.81. The van der Waals surface area contributed by atoms with Crippen molar-refractivity contribution >= 4 is 6.08 Å².